The van der Waals surface area contributed by atoms with Crippen LogP contribution in [0.5, 0.6) is 0 Å². The fourth-order valence-corrected chi connectivity index (χ4v) is 3.26. The predicted molar refractivity (Wildman–Crippen MR) is 86.2 cm³/mol. The molecule has 0 atom stereocenters. The molecule has 0 saturated carbocycles. The highest BCUT2D eigenvalue weighted by Gasteiger charge is 2.23. The quantitative estimate of drug-likeness (QED) is 0.801. The van der Waals surface area contributed by atoms with Crippen molar-refractivity contribution in [2.24, 2.45) is 5.14 Å². The zero-order valence-corrected chi connectivity index (χ0v) is 13.4. The number of carboxylic acid groups (broad SMARTS) is 1. The van der Waals surface area contributed by atoms with Crippen molar-refractivity contribution in [3.8, 4) is 11.1 Å². The molecule has 2 aromatic heterocycles. The fraction of sp³-hybridized carbons (Fsp3) is 0.286. The first-order valence-electron chi connectivity index (χ1n) is 7.15. The second-order valence-corrected chi connectivity index (χ2v) is 6.65. The standard InChI is InChI=1S/C14H16N4O5S/c15-24(21,22)18-4-3-11(13(18)14(19)20)10-1-2-12(16-9-10)17-5-7-23-8-6-17/h1-4,9H,5-8H2,(H,19,20)(H2,15,21,22). The third-order valence-corrected chi connectivity index (χ3v) is 4.58. The van der Waals surface area contributed by atoms with Gasteiger partial charge in [0.05, 0.1) is 13.2 Å². The van der Waals surface area contributed by atoms with Gasteiger partial charge in [0.2, 0.25) is 0 Å². The lowest BCUT2D eigenvalue weighted by molar-refractivity contribution is 0.0690. The van der Waals surface area contributed by atoms with Gasteiger partial charge in [0, 0.05) is 36.6 Å². The van der Waals surface area contributed by atoms with Crippen LogP contribution in [-0.2, 0) is 14.9 Å². The summed E-state index contributed by atoms with van der Waals surface area (Å²) in [5.41, 5.74) is 0.308. The minimum absolute atomic E-state index is 0.234. The molecule has 0 bridgehead atoms. The summed E-state index contributed by atoms with van der Waals surface area (Å²) in [4.78, 5) is 17.8. The Morgan fingerprint density at radius 3 is 2.50 bits per heavy atom. The lowest BCUT2D eigenvalue weighted by Crippen LogP contribution is -2.36. The monoisotopic (exact) mass is 352 g/mol. The van der Waals surface area contributed by atoms with Crippen LogP contribution in [0.15, 0.2) is 30.6 Å². The van der Waals surface area contributed by atoms with Gasteiger partial charge in [-0.05, 0) is 18.2 Å². The van der Waals surface area contributed by atoms with Gasteiger partial charge in [-0.25, -0.2) is 18.9 Å². The van der Waals surface area contributed by atoms with Crippen molar-refractivity contribution < 1.29 is 23.1 Å². The van der Waals surface area contributed by atoms with Crippen LogP contribution in [0.3, 0.4) is 0 Å². The molecule has 0 unspecified atom stereocenters. The van der Waals surface area contributed by atoms with Crippen molar-refractivity contribution >= 4 is 22.0 Å². The van der Waals surface area contributed by atoms with Gasteiger partial charge in [0.25, 0.3) is 0 Å². The molecule has 3 rings (SSSR count). The molecular weight excluding hydrogens is 336 g/mol. The molecule has 0 spiro atoms. The smallest absolute Gasteiger partial charge is 0.354 e. The number of nitrogens with two attached hydrogens (primary N) is 1. The molecule has 1 aliphatic rings. The summed E-state index contributed by atoms with van der Waals surface area (Å²) in [6, 6.07) is 4.85. The van der Waals surface area contributed by atoms with Gasteiger partial charge in [-0.2, -0.15) is 8.42 Å². The maximum absolute atomic E-state index is 11.5. The first-order chi connectivity index (χ1) is 11.4. The number of pyridine rings is 1. The van der Waals surface area contributed by atoms with Gasteiger partial charge in [0.15, 0.2) is 5.69 Å². The number of rotatable bonds is 4. The summed E-state index contributed by atoms with van der Waals surface area (Å²) in [5.74, 6) is -0.633. The van der Waals surface area contributed by atoms with E-state index < -0.39 is 21.9 Å². The molecular formula is C14H16N4O5S. The van der Waals surface area contributed by atoms with E-state index in [1.165, 1.54) is 12.3 Å². The van der Waals surface area contributed by atoms with Crippen molar-refractivity contribution in [1.29, 1.82) is 0 Å². The molecule has 128 valence electrons. The number of morpholine rings is 1. The predicted octanol–water partition coefficient (Wildman–Crippen LogP) is 0.136. The third-order valence-electron chi connectivity index (χ3n) is 3.72. The molecule has 2 aromatic rings. The first-order valence-corrected chi connectivity index (χ1v) is 8.65. The Labute approximate surface area is 138 Å². The third kappa shape index (κ3) is 3.11. The van der Waals surface area contributed by atoms with E-state index in [4.69, 9.17) is 9.88 Å². The van der Waals surface area contributed by atoms with Crippen molar-refractivity contribution in [3.05, 3.63) is 36.3 Å². The highest BCUT2D eigenvalue weighted by Crippen LogP contribution is 2.26. The van der Waals surface area contributed by atoms with E-state index in [9.17, 15) is 18.3 Å². The van der Waals surface area contributed by atoms with Gasteiger partial charge in [-0.15, -0.1) is 0 Å². The van der Waals surface area contributed by atoms with Gasteiger partial charge >= 0.3 is 16.2 Å². The zero-order valence-electron chi connectivity index (χ0n) is 12.6. The highest BCUT2D eigenvalue weighted by atomic mass is 32.2. The van der Waals surface area contributed by atoms with Crippen LogP contribution in [0.25, 0.3) is 11.1 Å². The van der Waals surface area contributed by atoms with Crippen LogP contribution in [0.2, 0.25) is 0 Å². The largest absolute Gasteiger partial charge is 0.477 e. The molecule has 3 heterocycles. The maximum Gasteiger partial charge on any atom is 0.354 e. The fourth-order valence-electron chi connectivity index (χ4n) is 2.59. The van der Waals surface area contributed by atoms with E-state index in [2.05, 4.69) is 9.88 Å². The number of aromatic nitrogens is 2. The van der Waals surface area contributed by atoms with E-state index in [0.29, 0.717) is 22.7 Å². The topological polar surface area (TPSA) is 128 Å². The van der Waals surface area contributed by atoms with E-state index in [-0.39, 0.29) is 5.56 Å². The van der Waals surface area contributed by atoms with E-state index >= 15 is 0 Å². The Balaban J connectivity index is 1.97. The summed E-state index contributed by atoms with van der Waals surface area (Å²) in [6.07, 6.45) is 2.63. The number of nitrogens with zero attached hydrogens (tertiary/aromatic N) is 3. The number of hydrogen-bond acceptors (Lipinski definition) is 6. The summed E-state index contributed by atoms with van der Waals surface area (Å²) >= 11 is 0. The molecule has 10 heteroatoms. The lowest BCUT2D eigenvalue weighted by Gasteiger charge is -2.27. The van der Waals surface area contributed by atoms with Gasteiger partial charge < -0.3 is 14.7 Å². The summed E-state index contributed by atoms with van der Waals surface area (Å²) in [6.45, 7) is 2.72. The van der Waals surface area contributed by atoms with E-state index in [1.54, 1.807) is 12.1 Å². The molecule has 24 heavy (non-hydrogen) atoms. The van der Waals surface area contributed by atoms with Crippen molar-refractivity contribution in [1.82, 2.24) is 8.96 Å². The van der Waals surface area contributed by atoms with Gasteiger partial charge in [-0.3, -0.25) is 0 Å². The first kappa shape index (κ1) is 16.4. The number of ether oxygens (including phenoxy) is 1. The second kappa shape index (κ2) is 6.23. The number of hydrogen-bond donors (Lipinski definition) is 2. The SMILES string of the molecule is NS(=O)(=O)n1ccc(-c2ccc(N3CCOCC3)nc2)c1C(=O)O. The Kier molecular flexibility index (Phi) is 4.26. The summed E-state index contributed by atoms with van der Waals surface area (Å²) in [7, 11) is -4.20. The summed E-state index contributed by atoms with van der Waals surface area (Å²) < 4.78 is 28.8. The number of aromatic carboxylic acids is 1. The number of carboxylic acids is 1. The Bertz CT molecular complexity index is 854. The summed E-state index contributed by atoms with van der Waals surface area (Å²) in [5, 5.41) is 14.4. The average molecular weight is 352 g/mol. The normalized spacial score (nSPS) is 15.5. The molecule has 1 fully saturated rings. The van der Waals surface area contributed by atoms with Gasteiger partial charge in [0.1, 0.15) is 5.82 Å². The van der Waals surface area contributed by atoms with Crippen LogP contribution in [0.4, 0.5) is 5.82 Å². The van der Waals surface area contributed by atoms with Crippen molar-refractivity contribution in [3.63, 3.8) is 0 Å². The molecule has 0 aromatic carbocycles. The Morgan fingerprint density at radius 2 is 1.96 bits per heavy atom. The molecule has 9 nitrogen and oxygen atoms in total. The minimum atomic E-state index is -4.20. The maximum atomic E-state index is 11.5. The van der Waals surface area contributed by atoms with Crippen LogP contribution >= 0.6 is 0 Å². The minimum Gasteiger partial charge on any atom is -0.477 e. The van der Waals surface area contributed by atoms with Crippen molar-refractivity contribution in [2.75, 3.05) is 31.2 Å². The molecule has 0 aliphatic carbocycles. The zero-order chi connectivity index (χ0) is 17.3. The van der Waals surface area contributed by atoms with Crippen LogP contribution in [0.1, 0.15) is 10.5 Å². The molecule has 0 radical (unpaired) electrons. The average Bonchev–Trinajstić information content (AvgIpc) is 3.01. The Hall–Kier alpha value is -2.43. The second-order valence-electron chi connectivity index (χ2n) is 5.23. The molecule has 0 amide bonds. The van der Waals surface area contributed by atoms with Crippen LogP contribution < -0.4 is 10.0 Å². The number of anilines is 1. The molecule has 1 aliphatic heterocycles. The molecule has 1 saturated heterocycles. The lowest BCUT2D eigenvalue weighted by atomic mass is 10.1. The highest BCUT2D eigenvalue weighted by molar-refractivity contribution is 7.87. The number of carbonyl (C=O) groups is 1. The van der Waals surface area contributed by atoms with Crippen LogP contribution in [0, 0.1) is 0 Å². The van der Waals surface area contributed by atoms with Crippen molar-refractivity contribution in [2.45, 2.75) is 0 Å². The van der Waals surface area contributed by atoms with Gasteiger partial charge in [-0.1, -0.05) is 0 Å². The van der Waals surface area contributed by atoms with Crippen LogP contribution in [-0.4, -0.2) is 54.8 Å². The Morgan fingerprint density at radius 1 is 1.25 bits per heavy atom. The van der Waals surface area contributed by atoms with E-state index in [0.717, 1.165) is 25.1 Å². The molecule has 3 N–H and O–H groups in total. The van der Waals surface area contributed by atoms with E-state index in [1.807, 2.05) is 0 Å².